The SMILES string of the molecule is Cc1cc(-c2nc(C3CCC(F)(F)CC3)n(CC(=O)N3CCN(c4ncccn4)CC3)n2)ccc1F. The Labute approximate surface area is 207 Å². The Morgan fingerprint density at radius 3 is 2.44 bits per heavy atom. The first-order valence-corrected chi connectivity index (χ1v) is 12.2. The standard InChI is InChI=1S/C25H28F3N7O/c1-17-15-19(3-4-20(17)26)22-31-23(18-5-7-25(27,28)8-6-18)35(32-22)16-21(36)33-11-13-34(14-12-33)24-29-9-2-10-30-24/h2-4,9-10,15,18H,5-8,11-14,16H2,1H3. The molecule has 1 saturated carbocycles. The minimum absolute atomic E-state index is 0.0305. The first-order valence-electron chi connectivity index (χ1n) is 12.2. The number of amides is 1. The number of alkyl halides is 2. The summed E-state index contributed by atoms with van der Waals surface area (Å²) < 4.78 is 43.0. The number of hydrogen-bond donors (Lipinski definition) is 0. The van der Waals surface area contributed by atoms with E-state index in [4.69, 9.17) is 0 Å². The molecule has 5 rings (SSSR count). The molecule has 2 aromatic heterocycles. The molecular weight excluding hydrogens is 471 g/mol. The Morgan fingerprint density at radius 2 is 1.78 bits per heavy atom. The number of carbonyl (C=O) groups is 1. The first-order chi connectivity index (χ1) is 17.3. The Hall–Kier alpha value is -3.50. The molecule has 3 heterocycles. The minimum Gasteiger partial charge on any atom is -0.338 e. The van der Waals surface area contributed by atoms with Crippen molar-refractivity contribution in [2.45, 2.75) is 51.0 Å². The topological polar surface area (TPSA) is 80.0 Å². The average molecular weight is 500 g/mol. The predicted molar refractivity (Wildman–Crippen MR) is 127 cm³/mol. The van der Waals surface area contributed by atoms with Crippen molar-refractivity contribution in [2.75, 3.05) is 31.1 Å². The Morgan fingerprint density at radius 1 is 1.08 bits per heavy atom. The highest BCUT2D eigenvalue weighted by atomic mass is 19.3. The van der Waals surface area contributed by atoms with Crippen LogP contribution in [0.5, 0.6) is 0 Å². The molecule has 190 valence electrons. The zero-order valence-corrected chi connectivity index (χ0v) is 20.1. The second-order valence-corrected chi connectivity index (χ2v) is 9.46. The summed E-state index contributed by atoms with van der Waals surface area (Å²) >= 11 is 0. The van der Waals surface area contributed by atoms with Crippen molar-refractivity contribution in [3.63, 3.8) is 0 Å². The van der Waals surface area contributed by atoms with Crippen LogP contribution >= 0.6 is 0 Å². The summed E-state index contributed by atoms with van der Waals surface area (Å²) in [5, 5.41) is 4.58. The number of aromatic nitrogens is 5. The van der Waals surface area contributed by atoms with Gasteiger partial charge in [-0.05, 0) is 49.6 Å². The lowest BCUT2D eigenvalue weighted by molar-refractivity contribution is -0.132. The van der Waals surface area contributed by atoms with Gasteiger partial charge in [0.1, 0.15) is 18.2 Å². The number of carbonyl (C=O) groups excluding carboxylic acids is 1. The van der Waals surface area contributed by atoms with Crippen LogP contribution in [0, 0.1) is 12.7 Å². The van der Waals surface area contributed by atoms with Gasteiger partial charge in [0.15, 0.2) is 5.82 Å². The quantitative estimate of drug-likeness (QED) is 0.531. The molecule has 1 aromatic carbocycles. The van der Waals surface area contributed by atoms with Crippen LogP contribution in [-0.4, -0.2) is 67.6 Å². The number of hydrogen-bond acceptors (Lipinski definition) is 6. The summed E-state index contributed by atoms with van der Waals surface area (Å²) in [6.07, 6.45) is 3.50. The lowest BCUT2D eigenvalue weighted by Crippen LogP contribution is -2.50. The highest BCUT2D eigenvalue weighted by Crippen LogP contribution is 2.40. The smallest absolute Gasteiger partial charge is 0.248 e. The fourth-order valence-corrected chi connectivity index (χ4v) is 4.82. The van der Waals surface area contributed by atoms with Crippen molar-refractivity contribution in [1.82, 2.24) is 29.6 Å². The number of rotatable bonds is 5. The maximum Gasteiger partial charge on any atom is 0.248 e. The van der Waals surface area contributed by atoms with Crippen LogP contribution in [-0.2, 0) is 11.3 Å². The van der Waals surface area contributed by atoms with Gasteiger partial charge in [-0.3, -0.25) is 4.79 Å². The van der Waals surface area contributed by atoms with E-state index in [1.165, 1.54) is 6.07 Å². The van der Waals surface area contributed by atoms with E-state index in [0.29, 0.717) is 54.9 Å². The van der Waals surface area contributed by atoms with Gasteiger partial charge in [0.05, 0.1) is 0 Å². The maximum absolute atomic E-state index is 13.8. The summed E-state index contributed by atoms with van der Waals surface area (Å²) in [6.45, 7) is 3.87. The molecule has 0 spiro atoms. The molecule has 1 aliphatic carbocycles. The molecule has 2 aliphatic rings. The molecule has 3 aromatic rings. The first kappa shape index (κ1) is 24.2. The van der Waals surface area contributed by atoms with Crippen LogP contribution in [0.1, 0.15) is 43.0 Å². The fourth-order valence-electron chi connectivity index (χ4n) is 4.82. The number of nitrogens with zero attached hydrogens (tertiary/aromatic N) is 7. The molecule has 0 atom stereocenters. The zero-order valence-electron chi connectivity index (χ0n) is 20.1. The number of benzene rings is 1. The molecule has 0 radical (unpaired) electrons. The number of halogens is 3. The third-order valence-corrected chi connectivity index (χ3v) is 6.95. The lowest BCUT2D eigenvalue weighted by atomic mass is 9.86. The van der Waals surface area contributed by atoms with E-state index < -0.39 is 5.92 Å². The molecule has 0 unspecified atom stereocenters. The monoisotopic (exact) mass is 499 g/mol. The van der Waals surface area contributed by atoms with Crippen LogP contribution in [0.3, 0.4) is 0 Å². The highest BCUT2D eigenvalue weighted by Gasteiger charge is 2.37. The molecule has 11 heteroatoms. The van der Waals surface area contributed by atoms with Gasteiger partial charge in [-0.1, -0.05) is 0 Å². The minimum atomic E-state index is -2.67. The van der Waals surface area contributed by atoms with Crippen LogP contribution < -0.4 is 4.90 Å². The third-order valence-electron chi connectivity index (χ3n) is 6.95. The normalized spacial score (nSPS) is 18.4. The van der Waals surface area contributed by atoms with E-state index in [0.717, 1.165) is 0 Å². The molecule has 0 bridgehead atoms. The van der Waals surface area contributed by atoms with Crippen molar-refractivity contribution >= 4 is 11.9 Å². The molecular formula is C25H28F3N7O. The second kappa shape index (κ2) is 9.87. The lowest BCUT2D eigenvalue weighted by Gasteiger charge is -2.34. The summed E-state index contributed by atoms with van der Waals surface area (Å²) in [6, 6.07) is 6.36. The number of anilines is 1. The van der Waals surface area contributed by atoms with E-state index in [-0.39, 0.29) is 49.9 Å². The van der Waals surface area contributed by atoms with E-state index >= 15 is 0 Å². The third kappa shape index (κ3) is 5.19. The Bertz CT molecular complexity index is 1220. The summed E-state index contributed by atoms with van der Waals surface area (Å²) in [5.41, 5.74) is 1.08. The summed E-state index contributed by atoms with van der Waals surface area (Å²) in [5.74, 6) is -1.79. The number of aryl methyl sites for hydroxylation is 1. The zero-order chi connectivity index (χ0) is 25.3. The van der Waals surface area contributed by atoms with Gasteiger partial charge in [0.2, 0.25) is 17.8 Å². The maximum atomic E-state index is 13.8. The van der Waals surface area contributed by atoms with Crippen molar-refractivity contribution in [3.8, 4) is 11.4 Å². The van der Waals surface area contributed by atoms with Crippen LogP contribution in [0.4, 0.5) is 19.1 Å². The van der Waals surface area contributed by atoms with Crippen LogP contribution in [0.2, 0.25) is 0 Å². The van der Waals surface area contributed by atoms with E-state index in [1.807, 2.05) is 4.90 Å². The summed E-state index contributed by atoms with van der Waals surface area (Å²) in [7, 11) is 0. The fraction of sp³-hybridized carbons (Fsp3) is 0.480. The highest BCUT2D eigenvalue weighted by molar-refractivity contribution is 5.76. The molecule has 2 fully saturated rings. The van der Waals surface area contributed by atoms with Gasteiger partial charge in [0, 0.05) is 62.9 Å². The van der Waals surface area contributed by atoms with Gasteiger partial charge in [-0.15, -0.1) is 0 Å². The second-order valence-electron chi connectivity index (χ2n) is 9.46. The van der Waals surface area contributed by atoms with Crippen molar-refractivity contribution < 1.29 is 18.0 Å². The number of piperazine rings is 1. The van der Waals surface area contributed by atoms with Crippen molar-refractivity contribution in [2.24, 2.45) is 0 Å². The molecule has 36 heavy (non-hydrogen) atoms. The van der Waals surface area contributed by atoms with E-state index in [9.17, 15) is 18.0 Å². The molecule has 0 N–H and O–H groups in total. The van der Waals surface area contributed by atoms with Gasteiger partial charge in [-0.2, -0.15) is 5.10 Å². The van der Waals surface area contributed by atoms with Crippen LogP contribution in [0.15, 0.2) is 36.7 Å². The van der Waals surface area contributed by atoms with Crippen molar-refractivity contribution in [3.05, 3.63) is 53.9 Å². The summed E-state index contributed by atoms with van der Waals surface area (Å²) in [4.78, 5) is 30.2. The molecule has 8 nitrogen and oxygen atoms in total. The van der Waals surface area contributed by atoms with Gasteiger partial charge in [0.25, 0.3) is 0 Å². The molecule has 1 amide bonds. The van der Waals surface area contributed by atoms with Crippen molar-refractivity contribution in [1.29, 1.82) is 0 Å². The predicted octanol–water partition coefficient (Wildman–Crippen LogP) is 3.82. The van der Waals surface area contributed by atoms with Gasteiger partial charge in [-0.25, -0.2) is 32.8 Å². The van der Waals surface area contributed by atoms with E-state index in [1.54, 1.807) is 47.1 Å². The van der Waals surface area contributed by atoms with E-state index in [2.05, 4.69) is 20.1 Å². The average Bonchev–Trinajstić information content (AvgIpc) is 3.30. The largest absolute Gasteiger partial charge is 0.338 e. The van der Waals surface area contributed by atoms with Crippen LogP contribution in [0.25, 0.3) is 11.4 Å². The molecule has 1 saturated heterocycles. The molecule has 1 aliphatic heterocycles. The Kier molecular flexibility index (Phi) is 6.63. The van der Waals surface area contributed by atoms with Gasteiger partial charge >= 0.3 is 0 Å². The Balaban J connectivity index is 1.34. The van der Waals surface area contributed by atoms with Gasteiger partial charge < -0.3 is 9.80 Å².